The number of thioether (sulfide) groups is 1. The Morgan fingerprint density at radius 2 is 1.80 bits per heavy atom. The van der Waals surface area contributed by atoms with Crippen molar-refractivity contribution >= 4 is 50.7 Å². The van der Waals surface area contributed by atoms with Crippen LogP contribution in [0.4, 0.5) is 16.2 Å². The van der Waals surface area contributed by atoms with Crippen molar-refractivity contribution < 1.29 is 9.53 Å². The number of aryl methyl sites for hydroxylation is 1. The molecule has 0 atom stereocenters. The summed E-state index contributed by atoms with van der Waals surface area (Å²) in [5.41, 5.74) is 3.53. The summed E-state index contributed by atoms with van der Waals surface area (Å²) in [4.78, 5) is 16.9. The molecule has 0 aliphatic heterocycles. The maximum atomic E-state index is 12.3. The average Bonchev–Trinajstić information content (AvgIpc) is 3.14. The molecule has 7 heteroatoms. The van der Waals surface area contributed by atoms with E-state index in [1.54, 1.807) is 23.1 Å². The topological polar surface area (TPSA) is 63.2 Å². The van der Waals surface area contributed by atoms with E-state index in [1.165, 1.54) is 0 Å². The van der Waals surface area contributed by atoms with Crippen molar-refractivity contribution in [2.45, 2.75) is 11.3 Å². The maximum absolute atomic E-state index is 12.3. The predicted octanol–water partition coefficient (Wildman–Crippen LogP) is 6.42. The molecule has 4 rings (SSSR count). The monoisotopic (exact) mass is 435 g/mol. The molecule has 0 radical (unpaired) electrons. The highest BCUT2D eigenvalue weighted by Crippen LogP contribution is 2.31. The molecule has 3 aromatic carbocycles. The Bertz CT molecular complexity index is 1150. The van der Waals surface area contributed by atoms with Gasteiger partial charge in [-0.05, 0) is 55.0 Å². The number of para-hydroxylation sites is 1. The van der Waals surface area contributed by atoms with Gasteiger partial charge in [-0.2, -0.15) is 0 Å². The van der Waals surface area contributed by atoms with Crippen LogP contribution in [-0.4, -0.2) is 23.4 Å². The van der Waals surface area contributed by atoms with Gasteiger partial charge in [-0.3, -0.25) is 0 Å². The zero-order valence-corrected chi connectivity index (χ0v) is 18.1. The third kappa shape index (κ3) is 5.52. The van der Waals surface area contributed by atoms with Crippen LogP contribution in [0.25, 0.3) is 10.2 Å². The van der Waals surface area contributed by atoms with Gasteiger partial charge >= 0.3 is 6.03 Å². The lowest BCUT2D eigenvalue weighted by atomic mass is 10.2. The molecule has 2 amide bonds. The lowest BCUT2D eigenvalue weighted by Gasteiger charge is -2.08. The summed E-state index contributed by atoms with van der Waals surface area (Å²) in [5.74, 6) is 1.70. The second-order valence-corrected chi connectivity index (χ2v) is 8.99. The number of carbonyl (C=O) groups is 1. The first-order chi connectivity index (χ1) is 14.7. The van der Waals surface area contributed by atoms with Gasteiger partial charge in [-0.1, -0.05) is 42.1 Å². The van der Waals surface area contributed by atoms with Crippen LogP contribution in [0.1, 0.15) is 5.56 Å². The second kappa shape index (κ2) is 9.65. The molecule has 0 aliphatic rings. The Labute approximate surface area is 183 Å². The maximum Gasteiger partial charge on any atom is 0.323 e. The third-order valence-corrected chi connectivity index (χ3v) is 6.35. The molecule has 152 valence electrons. The SMILES string of the molecule is Cc1cccc(NC(=O)Nc2ccc3nc(SCCOc4ccccc4)sc3c2)c1. The highest BCUT2D eigenvalue weighted by molar-refractivity contribution is 8.01. The lowest BCUT2D eigenvalue weighted by Crippen LogP contribution is -2.19. The van der Waals surface area contributed by atoms with E-state index in [2.05, 4.69) is 15.6 Å². The smallest absolute Gasteiger partial charge is 0.323 e. The number of nitrogens with one attached hydrogen (secondary N) is 2. The van der Waals surface area contributed by atoms with Crippen molar-refractivity contribution in [1.29, 1.82) is 0 Å². The van der Waals surface area contributed by atoms with E-state index in [9.17, 15) is 4.79 Å². The average molecular weight is 436 g/mol. The van der Waals surface area contributed by atoms with Crippen molar-refractivity contribution in [2.24, 2.45) is 0 Å². The van der Waals surface area contributed by atoms with E-state index in [-0.39, 0.29) is 6.03 Å². The van der Waals surface area contributed by atoms with E-state index < -0.39 is 0 Å². The summed E-state index contributed by atoms with van der Waals surface area (Å²) < 4.78 is 7.75. The number of nitrogens with zero attached hydrogens (tertiary/aromatic N) is 1. The predicted molar refractivity (Wildman–Crippen MR) is 126 cm³/mol. The molecule has 5 nitrogen and oxygen atoms in total. The highest BCUT2D eigenvalue weighted by Gasteiger charge is 2.08. The summed E-state index contributed by atoms with van der Waals surface area (Å²) in [7, 11) is 0. The second-order valence-electron chi connectivity index (χ2n) is 6.62. The number of rotatable bonds is 7. The minimum Gasteiger partial charge on any atom is -0.493 e. The molecule has 0 aliphatic carbocycles. The molecular weight excluding hydrogens is 414 g/mol. The fourth-order valence-electron chi connectivity index (χ4n) is 2.86. The normalized spacial score (nSPS) is 10.7. The number of amides is 2. The van der Waals surface area contributed by atoms with Crippen molar-refractivity contribution in [3.05, 3.63) is 78.4 Å². The number of aromatic nitrogens is 1. The van der Waals surface area contributed by atoms with Crippen molar-refractivity contribution in [3.63, 3.8) is 0 Å². The summed E-state index contributed by atoms with van der Waals surface area (Å²) in [5, 5.41) is 5.74. The zero-order valence-electron chi connectivity index (χ0n) is 16.4. The van der Waals surface area contributed by atoms with Crippen LogP contribution >= 0.6 is 23.1 Å². The molecule has 0 unspecified atom stereocenters. The standard InChI is InChI=1S/C23H21N3O2S2/c1-16-6-5-7-17(14-16)24-22(27)25-18-10-11-20-21(15-18)30-23(26-20)29-13-12-28-19-8-3-2-4-9-19/h2-11,14-15H,12-13H2,1H3,(H2,24,25,27). The molecule has 2 N–H and O–H groups in total. The van der Waals surface area contributed by atoms with Gasteiger partial charge in [0.25, 0.3) is 0 Å². The Morgan fingerprint density at radius 1 is 1.00 bits per heavy atom. The summed E-state index contributed by atoms with van der Waals surface area (Å²) >= 11 is 3.29. The van der Waals surface area contributed by atoms with E-state index in [4.69, 9.17) is 4.74 Å². The minimum atomic E-state index is -0.267. The van der Waals surface area contributed by atoms with Crippen LogP contribution in [-0.2, 0) is 0 Å². The van der Waals surface area contributed by atoms with Gasteiger partial charge in [-0.25, -0.2) is 9.78 Å². The fraction of sp³-hybridized carbons (Fsp3) is 0.130. The number of ether oxygens (including phenoxy) is 1. The number of benzene rings is 3. The van der Waals surface area contributed by atoms with Crippen LogP contribution in [0.2, 0.25) is 0 Å². The van der Waals surface area contributed by atoms with Gasteiger partial charge in [0.15, 0.2) is 4.34 Å². The highest BCUT2D eigenvalue weighted by atomic mass is 32.2. The molecule has 0 bridgehead atoms. The number of thiazole rings is 1. The van der Waals surface area contributed by atoms with E-state index in [0.717, 1.165) is 43.0 Å². The largest absolute Gasteiger partial charge is 0.493 e. The van der Waals surface area contributed by atoms with E-state index in [1.807, 2.05) is 79.7 Å². The van der Waals surface area contributed by atoms with Gasteiger partial charge in [0.2, 0.25) is 0 Å². The fourth-order valence-corrected chi connectivity index (χ4v) is 4.86. The third-order valence-electron chi connectivity index (χ3n) is 4.22. The van der Waals surface area contributed by atoms with Crippen LogP contribution in [0, 0.1) is 6.92 Å². The zero-order chi connectivity index (χ0) is 20.8. The molecule has 1 heterocycles. The first kappa shape index (κ1) is 20.3. The van der Waals surface area contributed by atoms with Gasteiger partial charge in [0, 0.05) is 17.1 Å². The Kier molecular flexibility index (Phi) is 6.51. The van der Waals surface area contributed by atoms with Crippen LogP contribution in [0.3, 0.4) is 0 Å². The van der Waals surface area contributed by atoms with Gasteiger partial charge in [0.05, 0.1) is 16.8 Å². The van der Waals surface area contributed by atoms with E-state index >= 15 is 0 Å². The molecule has 4 aromatic rings. The summed E-state index contributed by atoms with van der Waals surface area (Å²) in [6, 6.07) is 23.0. The molecule has 0 fully saturated rings. The molecule has 0 saturated heterocycles. The van der Waals surface area contributed by atoms with Gasteiger partial charge in [0.1, 0.15) is 5.75 Å². The lowest BCUT2D eigenvalue weighted by molar-refractivity contribution is 0.262. The number of carbonyl (C=O) groups excluding carboxylic acids is 1. The summed E-state index contributed by atoms with van der Waals surface area (Å²) in [6.07, 6.45) is 0. The number of urea groups is 1. The molecule has 0 saturated carbocycles. The first-order valence-electron chi connectivity index (χ1n) is 9.52. The Balaban J connectivity index is 1.32. The molecule has 30 heavy (non-hydrogen) atoms. The Morgan fingerprint density at radius 3 is 2.60 bits per heavy atom. The number of hydrogen-bond acceptors (Lipinski definition) is 5. The quantitative estimate of drug-likeness (QED) is 0.260. The first-order valence-corrected chi connectivity index (χ1v) is 11.3. The van der Waals surface area contributed by atoms with Gasteiger partial charge in [-0.15, -0.1) is 11.3 Å². The van der Waals surface area contributed by atoms with Crippen molar-refractivity contribution in [2.75, 3.05) is 23.0 Å². The molecule has 1 aromatic heterocycles. The summed E-state index contributed by atoms with van der Waals surface area (Å²) in [6.45, 7) is 2.61. The van der Waals surface area contributed by atoms with E-state index in [0.29, 0.717) is 6.61 Å². The van der Waals surface area contributed by atoms with Crippen molar-refractivity contribution in [3.8, 4) is 5.75 Å². The molecular formula is C23H21N3O2S2. The molecule has 0 spiro atoms. The number of hydrogen-bond donors (Lipinski definition) is 2. The minimum absolute atomic E-state index is 0.267. The van der Waals surface area contributed by atoms with Crippen molar-refractivity contribution in [1.82, 2.24) is 4.98 Å². The van der Waals surface area contributed by atoms with Crippen LogP contribution in [0.5, 0.6) is 5.75 Å². The Hall–Kier alpha value is -3.03. The van der Waals surface area contributed by atoms with Crippen LogP contribution < -0.4 is 15.4 Å². The number of anilines is 2. The van der Waals surface area contributed by atoms with Crippen LogP contribution in [0.15, 0.2) is 77.1 Å². The number of fused-ring (bicyclic) bond motifs is 1. The van der Waals surface area contributed by atoms with Gasteiger partial charge < -0.3 is 15.4 Å².